The number of nitrogens with one attached hydrogen (secondary N) is 1. The molecular formula is C15H19N. The molecule has 16 heavy (non-hydrogen) atoms. The van der Waals surface area contributed by atoms with Gasteiger partial charge < -0.3 is 5.32 Å². The second kappa shape index (κ2) is 4.17. The van der Waals surface area contributed by atoms with Crippen LogP contribution in [-0.4, -0.2) is 6.54 Å². The van der Waals surface area contributed by atoms with Crippen LogP contribution in [-0.2, 0) is 0 Å². The summed E-state index contributed by atoms with van der Waals surface area (Å²) in [5.74, 6) is 0. The van der Waals surface area contributed by atoms with E-state index in [0.717, 1.165) is 13.0 Å². The van der Waals surface area contributed by atoms with Crippen LogP contribution in [0.1, 0.15) is 31.4 Å². The van der Waals surface area contributed by atoms with E-state index in [-0.39, 0.29) is 0 Å². The summed E-state index contributed by atoms with van der Waals surface area (Å²) in [6, 6.07) is 6.60. The third kappa shape index (κ3) is 1.90. The molecule has 0 amide bonds. The van der Waals surface area contributed by atoms with E-state index in [4.69, 9.17) is 0 Å². The molecule has 1 nitrogen and oxygen atoms in total. The van der Waals surface area contributed by atoms with Crippen LogP contribution in [0.15, 0.2) is 35.9 Å². The van der Waals surface area contributed by atoms with Crippen molar-refractivity contribution in [3.63, 3.8) is 0 Å². The van der Waals surface area contributed by atoms with Gasteiger partial charge in [0.15, 0.2) is 0 Å². The fourth-order valence-corrected chi connectivity index (χ4v) is 1.95. The van der Waals surface area contributed by atoms with Gasteiger partial charge in [-0.25, -0.2) is 0 Å². The van der Waals surface area contributed by atoms with E-state index in [1.165, 1.54) is 33.5 Å². The first-order valence-electron chi connectivity index (χ1n) is 5.90. The van der Waals surface area contributed by atoms with Crippen LogP contribution in [0.5, 0.6) is 0 Å². The number of allylic oxidation sites excluding steroid dienone is 3. The van der Waals surface area contributed by atoms with Crippen LogP contribution in [0.2, 0.25) is 0 Å². The van der Waals surface area contributed by atoms with Crippen molar-refractivity contribution in [3.05, 3.63) is 47.1 Å². The quantitative estimate of drug-likeness (QED) is 0.792. The van der Waals surface area contributed by atoms with Crippen LogP contribution in [0.4, 0.5) is 5.69 Å². The van der Waals surface area contributed by atoms with Gasteiger partial charge in [-0.15, -0.1) is 0 Å². The number of benzene rings is 1. The summed E-state index contributed by atoms with van der Waals surface area (Å²) < 4.78 is 0. The lowest BCUT2D eigenvalue weighted by molar-refractivity contribution is 0.977. The molecule has 0 fully saturated rings. The largest absolute Gasteiger partial charge is 0.385 e. The maximum atomic E-state index is 4.03. The van der Waals surface area contributed by atoms with E-state index in [2.05, 4.69) is 50.9 Å². The normalized spacial score (nSPS) is 14.3. The van der Waals surface area contributed by atoms with Gasteiger partial charge in [0.05, 0.1) is 0 Å². The molecule has 0 spiro atoms. The van der Waals surface area contributed by atoms with E-state index in [1.54, 1.807) is 0 Å². The predicted octanol–water partition coefficient (Wildman–Crippen LogP) is 4.16. The smallest absolute Gasteiger partial charge is 0.0376 e. The highest BCUT2D eigenvalue weighted by atomic mass is 14.9. The molecule has 1 aliphatic carbocycles. The fraction of sp³-hybridized carbons (Fsp3) is 0.333. The van der Waals surface area contributed by atoms with Crippen LogP contribution in [0.25, 0.3) is 5.57 Å². The number of anilines is 1. The van der Waals surface area contributed by atoms with E-state index in [0.29, 0.717) is 0 Å². The van der Waals surface area contributed by atoms with Gasteiger partial charge in [-0.3, -0.25) is 0 Å². The number of hydrogen-bond acceptors (Lipinski definition) is 1. The molecule has 1 aromatic carbocycles. The summed E-state index contributed by atoms with van der Waals surface area (Å²) in [4.78, 5) is 0. The third-order valence-electron chi connectivity index (χ3n) is 3.16. The molecule has 0 radical (unpaired) electrons. The van der Waals surface area contributed by atoms with Gasteiger partial charge in [0.25, 0.3) is 0 Å². The van der Waals surface area contributed by atoms with E-state index >= 15 is 0 Å². The zero-order valence-electron chi connectivity index (χ0n) is 10.4. The van der Waals surface area contributed by atoms with E-state index in [1.807, 2.05) is 0 Å². The standard InChI is InChI=1S/C15H19N/c1-5-8-16-14-9-13(7-6-10(14)2)15-11(3)12(15)4/h6-7,9,16H,3,5,8H2,1-2,4H3. The minimum Gasteiger partial charge on any atom is -0.385 e. The molecule has 1 aliphatic rings. The predicted molar refractivity (Wildman–Crippen MR) is 71.7 cm³/mol. The lowest BCUT2D eigenvalue weighted by Crippen LogP contribution is -2.01. The number of rotatable bonds is 4. The maximum Gasteiger partial charge on any atom is 0.0376 e. The third-order valence-corrected chi connectivity index (χ3v) is 3.16. The molecule has 1 aromatic rings. The van der Waals surface area contributed by atoms with Crippen LogP contribution in [0, 0.1) is 6.92 Å². The highest BCUT2D eigenvalue weighted by molar-refractivity contribution is 6.01. The van der Waals surface area contributed by atoms with Crippen molar-refractivity contribution in [1.29, 1.82) is 0 Å². The Morgan fingerprint density at radius 3 is 2.50 bits per heavy atom. The monoisotopic (exact) mass is 213 g/mol. The Bertz CT molecular complexity index is 466. The van der Waals surface area contributed by atoms with Gasteiger partial charge in [-0.2, -0.15) is 0 Å². The average Bonchev–Trinajstić information content (AvgIpc) is 2.86. The zero-order valence-corrected chi connectivity index (χ0v) is 10.4. The lowest BCUT2D eigenvalue weighted by atomic mass is 10.1. The van der Waals surface area contributed by atoms with Crippen molar-refractivity contribution in [2.75, 3.05) is 11.9 Å². The molecule has 2 rings (SSSR count). The van der Waals surface area contributed by atoms with Crippen molar-refractivity contribution < 1.29 is 0 Å². The molecule has 84 valence electrons. The summed E-state index contributed by atoms with van der Waals surface area (Å²) in [6.45, 7) is 11.5. The van der Waals surface area contributed by atoms with Crippen LogP contribution >= 0.6 is 0 Å². The Morgan fingerprint density at radius 1 is 1.25 bits per heavy atom. The van der Waals surface area contributed by atoms with Crippen molar-refractivity contribution in [2.24, 2.45) is 0 Å². The lowest BCUT2D eigenvalue weighted by Gasteiger charge is -2.09. The Kier molecular flexibility index (Phi) is 2.86. The van der Waals surface area contributed by atoms with Crippen molar-refractivity contribution in [2.45, 2.75) is 27.2 Å². The van der Waals surface area contributed by atoms with Gasteiger partial charge in [-0.1, -0.05) is 25.6 Å². The minimum atomic E-state index is 1.03. The highest BCUT2D eigenvalue weighted by Gasteiger charge is 2.24. The summed E-state index contributed by atoms with van der Waals surface area (Å²) in [5.41, 5.74) is 7.77. The summed E-state index contributed by atoms with van der Waals surface area (Å²) >= 11 is 0. The molecule has 0 aromatic heterocycles. The molecular weight excluding hydrogens is 194 g/mol. The Labute approximate surface area is 97.9 Å². The first-order chi connectivity index (χ1) is 7.65. The SMILES string of the molecule is C=C1C(C)=C1c1ccc(C)c(NCCC)c1. The Morgan fingerprint density at radius 2 is 1.94 bits per heavy atom. The number of hydrogen-bond donors (Lipinski definition) is 1. The maximum absolute atomic E-state index is 4.03. The molecule has 1 N–H and O–H groups in total. The molecule has 0 atom stereocenters. The van der Waals surface area contributed by atoms with Gasteiger partial charge in [0.1, 0.15) is 0 Å². The van der Waals surface area contributed by atoms with Gasteiger partial charge in [0.2, 0.25) is 0 Å². The Balaban J connectivity index is 2.26. The zero-order chi connectivity index (χ0) is 11.7. The van der Waals surface area contributed by atoms with Gasteiger partial charge in [-0.05, 0) is 54.2 Å². The van der Waals surface area contributed by atoms with Gasteiger partial charge >= 0.3 is 0 Å². The van der Waals surface area contributed by atoms with Crippen LogP contribution in [0.3, 0.4) is 0 Å². The molecule has 0 bridgehead atoms. The van der Waals surface area contributed by atoms with Gasteiger partial charge in [0, 0.05) is 12.2 Å². The summed E-state index contributed by atoms with van der Waals surface area (Å²) in [6.07, 6.45) is 1.15. The number of aryl methyl sites for hydroxylation is 1. The van der Waals surface area contributed by atoms with Crippen molar-refractivity contribution >= 4 is 11.3 Å². The molecule has 0 heterocycles. The minimum absolute atomic E-state index is 1.03. The Hall–Kier alpha value is -1.50. The van der Waals surface area contributed by atoms with Crippen molar-refractivity contribution in [3.8, 4) is 0 Å². The molecule has 0 saturated carbocycles. The topological polar surface area (TPSA) is 12.0 Å². The molecule has 0 saturated heterocycles. The molecule has 1 heteroatoms. The molecule has 0 unspecified atom stereocenters. The second-order valence-corrected chi connectivity index (χ2v) is 4.44. The van der Waals surface area contributed by atoms with Crippen molar-refractivity contribution in [1.82, 2.24) is 0 Å². The van der Waals surface area contributed by atoms with E-state index < -0.39 is 0 Å². The fourth-order valence-electron chi connectivity index (χ4n) is 1.95. The second-order valence-electron chi connectivity index (χ2n) is 4.44. The summed E-state index contributed by atoms with van der Waals surface area (Å²) in [7, 11) is 0. The molecule has 0 aliphatic heterocycles. The van der Waals surface area contributed by atoms with E-state index in [9.17, 15) is 0 Å². The highest BCUT2D eigenvalue weighted by Crippen LogP contribution is 2.45. The first kappa shape index (κ1) is 11.0. The first-order valence-corrected chi connectivity index (χ1v) is 5.90. The summed E-state index contributed by atoms with van der Waals surface area (Å²) in [5, 5.41) is 3.46. The van der Waals surface area contributed by atoms with Crippen LogP contribution < -0.4 is 5.32 Å². The average molecular weight is 213 g/mol.